The van der Waals surface area contributed by atoms with E-state index >= 15 is 0 Å². The lowest BCUT2D eigenvalue weighted by molar-refractivity contribution is 0.214. The smallest absolute Gasteiger partial charge is 0.193 e. The molecular weight excluding hydrogens is 380 g/mol. The standard InChI is InChI=1S/C23H34N4O3/c1-24-23(25-17-19(20-8-7-15-30-20)27-12-5-6-13-27)26(2)14-11-18-9-10-21(28-3)22(16-18)29-4/h7-10,15-16,19H,5-6,11-14,17H2,1-4H3,(H,24,25). The zero-order valence-corrected chi connectivity index (χ0v) is 18.6. The SMILES string of the molecule is CN=C(NCC(c1ccco1)N1CCCC1)N(C)CCc1ccc(OC)c(OC)c1. The lowest BCUT2D eigenvalue weighted by Gasteiger charge is -2.29. The molecule has 0 aliphatic carbocycles. The number of likely N-dealkylation sites (N-methyl/N-ethyl adjacent to an activating group) is 1. The van der Waals surface area contributed by atoms with Gasteiger partial charge in [0.1, 0.15) is 5.76 Å². The Kier molecular flexibility index (Phi) is 8.02. The van der Waals surface area contributed by atoms with Gasteiger partial charge in [-0.05, 0) is 62.2 Å². The van der Waals surface area contributed by atoms with E-state index in [9.17, 15) is 0 Å². The molecule has 1 aromatic heterocycles. The van der Waals surface area contributed by atoms with Crippen LogP contribution >= 0.6 is 0 Å². The average Bonchev–Trinajstić information content (AvgIpc) is 3.49. The van der Waals surface area contributed by atoms with E-state index in [0.29, 0.717) is 0 Å². The number of hydrogen-bond donors (Lipinski definition) is 1. The van der Waals surface area contributed by atoms with Crippen molar-refractivity contribution in [3.8, 4) is 11.5 Å². The van der Waals surface area contributed by atoms with Crippen molar-refractivity contribution in [2.75, 3.05) is 54.5 Å². The number of likely N-dealkylation sites (tertiary alicyclic amines) is 1. The molecule has 1 aliphatic heterocycles. The Morgan fingerprint density at radius 1 is 1.20 bits per heavy atom. The van der Waals surface area contributed by atoms with Gasteiger partial charge in [0.15, 0.2) is 17.5 Å². The van der Waals surface area contributed by atoms with Gasteiger partial charge < -0.3 is 24.1 Å². The summed E-state index contributed by atoms with van der Waals surface area (Å²) in [5, 5.41) is 3.54. The van der Waals surface area contributed by atoms with Crippen molar-refractivity contribution in [2.45, 2.75) is 25.3 Å². The average molecular weight is 415 g/mol. The van der Waals surface area contributed by atoms with Gasteiger partial charge in [0, 0.05) is 27.2 Å². The lowest BCUT2D eigenvalue weighted by atomic mass is 10.1. The maximum atomic E-state index is 5.72. The second-order valence-electron chi connectivity index (χ2n) is 7.56. The van der Waals surface area contributed by atoms with Gasteiger partial charge in [-0.1, -0.05) is 6.07 Å². The van der Waals surface area contributed by atoms with Crippen LogP contribution in [0.15, 0.2) is 46.0 Å². The summed E-state index contributed by atoms with van der Waals surface area (Å²) in [5.41, 5.74) is 1.19. The van der Waals surface area contributed by atoms with E-state index in [1.54, 1.807) is 20.5 Å². The summed E-state index contributed by atoms with van der Waals surface area (Å²) < 4.78 is 16.5. The normalized spacial score (nSPS) is 15.8. The largest absolute Gasteiger partial charge is 0.493 e. The van der Waals surface area contributed by atoms with E-state index in [4.69, 9.17) is 13.9 Å². The fourth-order valence-electron chi connectivity index (χ4n) is 3.96. The first-order valence-corrected chi connectivity index (χ1v) is 10.6. The van der Waals surface area contributed by atoms with Gasteiger partial charge >= 0.3 is 0 Å². The maximum Gasteiger partial charge on any atom is 0.193 e. The first-order chi connectivity index (χ1) is 14.7. The second-order valence-corrected chi connectivity index (χ2v) is 7.56. The van der Waals surface area contributed by atoms with Crippen molar-refractivity contribution >= 4 is 5.96 Å². The molecular formula is C23H34N4O3. The number of nitrogens with zero attached hydrogens (tertiary/aromatic N) is 3. The zero-order chi connectivity index (χ0) is 21.3. The Morgan fingerprint density at radius 3 is 2.60 bits per heavy atom. The first kappa shape index (κ1) is 22.0. The Balaban J connectivity index is 1.57. The van der Waals surface area contributed by atoms with Gasteiger partial charge in [0.05, 0.1) is 26.5 Å². The van der Waals surface area contributed by atoms with Crippen LogP contribution in [0.2, 0.25) is 0 Å². The zero-order valence-electron chi connectivity index (χ0n) is 18.6. The predicted octanol–water partition coefficient (Wildman–Crippen LogP) is 3.18. The lowest BCUT2D eigenvalue weighted by Crippen LogP contribution is -2.44. The van der Waals surface area contributed by atoms with E-state index in [1.807, 2.05) is 25.2 Å². The van der Waals surface area contributed by atoms with Crippen LogP contribution in [0, 0.1) is 0 Å². The Bertz CT molecular complexity index is 801. The van der Waals surface area contributed by atoms with Gasteiger partial charge in [-0.15, -0.1) is 0 Å². The number of rotatable bonds is 9. The quantitative estimate of drug-likeness (QED) is 0.502. The van der Waals surface area contributed by atoms with E-state index in [-0.39, 0.29) is 6.04 Å². The molecule has 30 heavy (non-hydrogen) atoms. The van der Waals surface area contributed by atoms with Crippen LogP contribution in [0.3, 0.4) is 0 Å². The van der Waals surface area contributed by atoms with Crippen LogP contribution in [0.5, 0.6) is 11.5 Å². The molecule has 1 N–H and O–H groups in total. The monoisotopic (exact) mass is 414 g/mol. The third kappa shape index (κ3) is 5.48. The van der Waals surface area contributed by atoms with Crippen molar-refractivity contribution in [3.05, 3.63) is 47.9 Å². The number of hydrogen-bond acceptors (Lipinski definition) is 5. The summed E-state index contributed by atoms with van der Waals surface area (Å²) in [7, 11) is 7.20. The molecule has 0 spiro atoms. The number of nitrogens with one attached hydrogen (secondary N) is 1. The highest BCUT2D eigenvalue weighted by atomic mass is 16.5. The molecule has 1 aliphatic rings. The Morgan fingerprint density at radius 2 is 1.97 bits per heavy atom. The van der Waals surface area contributed by atoms with Crippen molar-refractivity contribution in [1.29, 1.82) is 0 Å². The highest BCUT2D eigenvalue weighted by Crippen LogP contribution is 2.28. The molecule has 0 saturated carbocycles. The molecule has 3 rings (SSSR count). The molecule has 7 heteroatoms. The summed E-state index contributed by atoms with van der Waals surface area (Å²) in [6.45, 7) is 3.83. The van der Waals surface area contributed by atoms with E-state index in [0.717, 1.165) is 55.8 Å². The number of benzene rings is 1. The fourth-order valence-corrected chi connectivity index (χ4v) is 3.96. The topological polar surface area (TPSA) is 62.5 Å². The fraction of sp³-hybridized carbons (Fsp3) is 0.522. The molecule has 1 unspecified atom stereocenters. The number of furan rings is 1. The van der Waals surface area contributed by atoms with Crippen molar-refractivity contribution in [1.82, 2.24) is 15.1 Å². The van der Waals surface area contributed by atoms with Crippen LogP contribution in [0.25, 0.3) is 0 Å². The molecule has 1 saturated heterocycles. The minimum atomic E-state index is 0.221. The molecule has 164 valence electrons. The van der Waals surface area contributed by atoms with E-state index in [2.05, 4.69) is 39.3 Å². The number of guanidine groups is 1. The van der Waals surface area contributed by atoms with E-state index < -0.39 is 0 Å². The summed E-state index contributed by atoms with van der Waals surface area (Å²) in [6.07, 6.45) is 5.13. The van der Waals surface area contributed by atoms with E-state index in [1.165, 1.54) is 18.4 Å². The Labute approximate surface area is 179 Å². The summed E-state index contributed by atoms with van der Waals surface area (Å²) >= 11 is 0. The summed E-state index contributed by atoms with van der Waals surface area (Å²) in [6, 6.07) is 10.3. The van der Waals surface area contributed by atoms with Gasteiger partial charge in [-0.2, -0.15) is 0 Å². The molecule has 0 amide bonds. The van der Waals surface area contributed by atoms with Crippen molar-refractivity contribution in [2.24, 2.45) is 4.99 Å². The van der Waals surface area contributed by atoms with Crippen LogP contribution in [0.1, 0.15) is 30.2 Å². The third-order valence-electron chi connectivity index (χ3n) is 5.66. The van der Waals surface area contributed by atoms with Crippen LogP contribution in [0.4, 0.5) is 0 Å². The summed E-state index contributed by atoms with van der Waals surface area (Å²) in [4.78, 5) is 9.12. The molecule has 0 bridgehead atoms. The molecule has 1 atom stereocenters. The molecule has 7 nitrogen and oxygen atoms in total. The van der Waals surface area contributed by atoms with Crippen molar-refractivity contribution < 1.29 is 13.9 Å². The van der Waals surface area contributed by atoms with Crippen LogP contribution in [-0.4, -0.2) is 70.3 Å². The third-order valence-corrected chi connectivity index (χ3v) is 5.66. The maximum absolute atomic E-state index is 5.72. The second kappa shape index (κ2) is 10.9. The number of ether oxygens (including phenoxy) is 2. The van der Waals surface area contributed by atoms with Gasteiger partial charge in [0.2, 0.25) is 0 Å². The van der Waals surface area contributed by atoms with Gasteiger partial charge in [0.25, 0.3) is 0 Å². The van der Waals surface area contributed by atoms with Crippen LogP contribution in [-0.2, 0) is 6.42 Å². The molecule has 2 heterocycles. The molecule has 0 radical (unpaired) electrons. The minimum absolute atomic E-state index is 0.221. The predicted molar refractivity (Wildman–Crippen MR) is 119 cm³/mol. The minimum Gasteiger partial charge on any atom is -0.493 e. The number of methoxy groups -OCH3 is 2. The van der Waals surface area contributed by atoms with Gasteiger partial charge in [-0.3, -0.25) is 9.89 Å². The summed E-state index contributed by atoms with van der Waals surface area (Å²) in [5.74, 6) is 3.39. The number of aliphatic imine (C=N–C) groups is 1. The van der Waals surface area contributed by atoms with Crippen LogP contribution < -0.4 is 14.8 Å². The highest BCUT2D eigenvalue weighted by molar-refractivity contribution is 5.79. The van der Waals surface area contributed by atoms with Gasteiger partial charge in [-0.25, -0.2) is 0 Å². The molecule has 1 fully saturated rings. The molecule has 2 aromatic rings. The molecule has 1 aromatic carbocycles. The Hall–Kier alpha value is -2.67. The first-order valence-electron chi connectivity index (χ1n) is 10.6. The van der Waals surface area contributed by atoms with Crippen molar-refractivity contribution in [3.63, 3.8) is 0 Å². The highest BCUT2D eigenvalue weighted by Gasteiger charge is 2.26.